The van der Waals surface area contributed by atoms with Crippen molar-refractivity contribution in [3.63, 3.8) is 0 Å². The van der Waals surface area contributed by atoms with E-state index in [0.29, 0.717) is 22.2 Å². The van der Waals surface area contributed by atoms with Crippen LogP contribution in [0, 0.1) is 0 Å². The summed E-state index contributed by atoms with van der Waals surface area (Å²) in [4.78, 5) is 1.34. The normalized spacial score (nSPS) is 20.2. The lowest BCUT2D eigenvalue weighted by molar-refractivity contribution is -0.0690. The Morgan fingerprint density at radius 3 is 2.42 bits per heavy atom. The molecule has 0 aliphatic carbocycles. The summed E-state index contributed by atoms with van der Waals surface area (Å²) in [6.45, 7) is 2.55. The fraction of sp³-hybridized carbons (Fsp3) is 0.375. The minimum Gasteiger partial charge on any atom is -0.361 e. The number of alkyl halides is 6. The molecule has 1 aromatic rings. The fourth-order valence-electron chi connectivity index (χ4n) is 3.23. The molecule has 2 aliphatic rings. The fourth-order valence-corrected chi connectivity index (χ4v) is 3.36. The topological polar surface area (TPSA) is 15.3 Å². The number of nitrogens with one attached hydrogen (secondary N) is 1. The van der Waals surface area contributed by atoms with E-state index in [1.54, 1.807) is 19.9 Å². The average molecular weight is 365 g/mol. The first kappa shape index (κ1) is 17.1. The van der Waals surface area contributed by atoms with Crippen LogP contribution >= 0.6 is 11.6 Å². The molecule has 2 heterocycles. The predicted octanol–water partition coefficient (Wildman–Crippen LogP) is 3.55. The van der Waals surface area contributed by atoms with Crippen LogP contribution in [0.2, 0.25) is 0 Å². The summed E-state index contributed by atoms with van der Waals surface area (Å²) in [7, 11) is 0. The summed E-state index contributed by atoms with van der Waals surface area (Å²) in [6.07, 6.45) is -2.37. The van der Waals surface area contributed by atoms with Gasteiger partial charge in [-0.1, -0.05) is 0 Å². The van der Waals surface area contributed by atoms with Gasteiger partial charge in [0.2, 0.25) is 0 Å². The smallest absolute Gasteiger partial charge is 0.361 e. The quantitative estimate of drug-likeness (QED) is 0.638. The second kappa shape index (κ2) is 5.37. The molecule has 0 amide bonds. The molecule has 0 radical (unpaired) electrons. The number of hydrogen-bond acceptors (Lipinski definition) is 2. The van der Waals surface area contributed by atoms with Gasteiger partial charge in [0, 0.05) is 34.1 Å². The summed E-state index contributed by atoms with van der Waals surface area (Å²) in [5.41, 5.74) is 0.438. The molecule has 130 valence electrons. The number of nitrogens with zero attached hydrogens (tertiary/aromatic N) is 1. The van der Waals surface area contributed by atoms with Crippen LogP contribution in [0.25, 0.3) is 11.1 Å². The second-order valence-electron chi connectivity index (χ2n) is 5.87. The highest BCUT2D eigenvalue weighted by atomic mass is 35.5. The van der Waals surface area contributed by atoms with Crippen molar-refractivity contribution in [1.82, 2.24) is 0 Å². The van der Waals surface area contributed by atoms with Gasteiger partial charge >= 0.3 is 11.6 Å². The van der Waals surface area contributed by atoms with E-state index in [1.807, 2.05) is 0 Å². The van der Waals surface area contributed by atoms with Crippen molar-refractivity contribution in [1.29, 1.82) is 0 Å². The first-order chi connectivity index (χ1) is 11.0. The Labute approximate surface area is 139 Å². The maximum atomic E-state index is 13.4. The Hall–Kier alpha value is -1.76. The van der Waals surface area contributed by atoms with Gasteiger partial charge in [-0.05, 0) is 49.2 Å². The molecule has 8 heteroatoms. The highest BCUT2D eigenvalue weighted by Gasteiger charge is 2.38. The Bertz CT molecular complexity index is 836. The molecule has 0 spiro atoms. The van der Waals surface area contributed by atoms with Crippen LogP contribution < -0.4 is 20.7 Å². The van der Waals surface area contributed by atoms with Gasteiger partial charge < -0.3 is 10.2 Å². The minimum absolute atomic E-state index is 0.00719. The summed E-state index contributed by atoms with van der Waals surface area (Å²) in [5, 5.41) is -0.355. The van der Waals surface area contributed by atoms with Crippen LogP contribution in [0.1, 0.15) is 13.8 Å². The van der Waals surface area contributed by atoms with Gasteiger partial charge in [-0.2, -0.15) is 22.0 Å². The Morgan fingerprint density at radius 2 is 1.83 bits per heavy atom. The predicted molar refractivity (Wildman–Crippen MR) is 84.6 cm³/mol. The highest BCUT2D eigenvalue weighted by molar-refractivity contribution is 6.22. The van der Waals surface area contributed by atoms with Crippen molar-refractivity contribution in [3.8, 4) is 0 Å². The minimum atomic E-state index is -4.55. The molecule has 0 saturated heterocycles. The molecular weight excluding hydrogens is 351 g/mol. The molecule has 0 bridgehead atoms. The number of hydrogen-bond donors (Lipinski definition) is 1. The number of anilines is 2. The van der Waals surface area contributed by atoms with Crippen LogP contribution in [-0.4, -0.2) is 24.1 Å². The van der Waals surface area contributed by atoms with E-state index in [1.165, 1.54) is 17.2 Å². The molecular formula is C16H14ClF5N2. The molecule has 1 aromatic carbocycles. The number of halogens is 6. The van der Waals surface area contributed by atoms with Crippen LogP contribution in [-0.2, 0) is 0 Å². The maximum absolute atomic E-state index is 13.4. The average Bonchev–Trinajstić information content (AvgIpc) is 2.69. The zero-order valence-electron chi connectivity index (χ0n) is 12.8. The number of fused-ring (bicyclic) bond motifs is 3. The molecule has 1 unspecified atom stereocenters. The van der Waals surface area contributed by atoms with Crippen molar-refractivity contribution < 1.29 is 22.0 Å². The van der Waals surface area contributed by atoms with E-state index in [0.717, 1.165) is 6.08 Å². The Kier molecular flexibility index (Phi) is 3.82. The first-order valence-corrected chi connectivity index (χ1v) is 7.60. The largest absolute Gasteiger partial charge is 0.417 e. The molecule has 1 N–H and O–H groups in total. The van der Waals surface area contributed by atoms with Crippen LogP contribution in [0.15, 0.2) is 24.4 Å². The summed E-state index contributed by atoms with van der Waals surface area (Å²) >= 11 is 5.04. The van der Waals surface area contributed by atoms with Crippen LogP contribution in [0.4, 0.5) is 33.3 Å². The van der Waals surface area contributed by atoms with Gasteiger partial charge in [-0.25, -0.2) is 0 Å². The van der Waals surface area contributed by atoms with Crippen molar-refractivity contribution in [2.75, 3.05) is 16.8 Å². The second-order valence-corrected chi connectivity index (χ2v) is 6.43. The third-order valence-electron chi connectivity index (χ3n) is 4.39. The van der Waals surface area contributed by atoms with Crippen LogP contribution in [0.5, 0.6) is 0 Å². The summed E-state index contributed by atoms with van der Waals surface area (Å²) in [6, 6.07) is 2.54. The molecule has 2 aliphatic heterocycles. The summed E-state index contributed by atoms with van der Waals surface area (Å²) < 4.78 is 66.8. The Morgan fingerprint density at radius 1 is 1.17 bits per heavy atom. The van der Waals surface area contributed by atoms with E-state index in [2.05, 4.69) is 5.32 Å². The SMILES string of the molecule is CC1=c2c(ccc3c2=C(C(F)(F)F)C=CN3)N(CC(F)(F)Cl)C1C. The molecule has 0 fully saturated rings. The standard InChI is InChI=1S/C16H14ClF5N2/c1-8-9(2)24(7-15(17,18)19)12-4-3-11-14(13(8)12)10(5-6-23-11)16(20,21)22/h3-6,9,23H,7H2,1-2H3. The van der Waals surface area contributed by atoms with Gasteiger partial charge in [-0.15, -0.1) is 0 Å². The third kappa shape index (κ3) is 2.75. The van der Waals surface area contributed by atoms with Gasteiger partial charge in [0.1, 0.15) is 0 Å². The van der Waals surface area contributed by atoms with Gasteiger partial charge in [0.25, 0.3) is 0 Å². The molecule has 3 rings (SSSR count). The number of benzene rings is 1. The van der Waals surface area contributed by atoms with Crippen molar-refractivity contribution in [2.45, 2.75) is 31.4 Å². The van der Waals surface area contributed by atoms with Gasteiger partial charge in [0.05, 0.1) is 12.1 Å². The lowest BCUT2D eigenvalue weighted by Gasteiger charge is -2.28. The van der Waals surface area contributed by atoms with Crippen molar-refractivity contribution in [3.05, 3.63) is 34.8 Å². The monoisotopic (exact) mass is 364 g/mol. The zero-order chi connectivity index (χ0) is 17.9. The van der Waals surface area contributed by atoms with E-state index in [4.69, 9.17) is 11.6 Å². The molecule has 1 atom stereocenters. The highest BCUT2D eigenvalue weighted by Crippen LogP contribution is 2.33. The van der Waals surface area contributed by atoms with E-state index >= 15 is 0 Å². The molecule has 2 nitrogen and oxygen atoms in total. The van der Waals surface area contributed by atoms with E-state index in [9.17, 15) is 22.0 Å². The van der Waals surface area contributed by atoms with Crippen LogP contribution in [0.3, 0.4) is 0 Å². The van der Waals surface area contributed by atoms with E-state index in [-0.39, 0.29) is 5.22 Å². The number of allylic oxidation sites excluding steroid dienone is 1. The maximum Gasteiger partial charge on any atom is 0.417 e. The zero-order valence-corrected chi connectivity index (χ0v) is 13.6. The van der Waals surface area contributed by atoms with E-state index < -0.39 is 29.7 Å². The molecule has 0 aromatic heterocycles. The van der Waals surface area contributed by atoms with Gasteiger partial charge in [-0.3, -0.25) is 0 Å². The van der Waals surface area contributed by atoms with Gasteiger partial charge in [0.15, 0.2) is 0 Å². The summed E-state index contributed by atoms with van der Waals surface area (Å²) in [5.74, 6) is 0. The molecule has 24 heavy (non-hydrogen) atoms. The third-order valence-corrected chi connectivity index (χ3v) is 4.51. The van der Waals surface area contributed by atoms with Crippen molar-refractivity contribution >= 4 is 34.1 Å². The number of rotatable bonds is 2. The van der Waals surface area contributed by atoms with Crippen molar-refractivity contribution in [2.24, 2.45) is 0 Å². The molecule has 0 saturated carbocycles. The lowest BCUT2D eigenvalue weighted by Crippen LogP contribution is -2.39. The first-order valence-electron chi connectivity index (χ1n) is 7.22. The lowest BCUT2D eigenvalue weighted by atomic mass is 10.0. The Balaban J connectivity index is 2.35.